The van der Waals surface area contributed by atoms with E-state index in [1.807, 2.05) is 69.1 Å². The third-order valence-corrected chi connectivity index (χ3v) is 5.66. The van der Waals surface area contributed by atoms with Crippen molar-refractivity contribution in [3.8, 4) is 0 Å². The Balaban J connectivity index is 2.14. The summed E-state index contributed by atoms with van der Waals surface area (Å²) in [5.41, 5.74) is 3.11. The van der Waals surface area contributed by atoms with E-state index in [0.717, 1.165) is 42.6 Å². The lowest BCUT2D eigenvalue weighted by Crippen LogP contribution is -2.48. The summed E-state index contributed by atoms with van der Waals surface area (Å²) < 4.78 is 0. The Labute approximate surface area is 168 Å². The van der Waals surface area contributed by atoms with Gasteiger partial charge in [-0.1, -0.05) is 42.0 Å². The number of nitrogens with zero attached hydrogens (tertiary/aromatic N) is 2. The summed E-state index contributed by atoms with van der Waals surface area (Å²) in [5.74, 6) is 0. The van der Waals surface area contributed by atoms with Gasteiger partial charge in [-0.3, -0.25) is 0 Å². The Hall–Kier alpha value is -1.78. The average Bonchev–Trinajstić information content (AvgIpc) is 2.65. The molecule has 0 aliphatic carbocycles. The summed E-state index contributed by atoms with van der Waals surface area (Å²) in [5, 5.41) is 3.86. The first-order chi connectivity index (χ1) is 12.8. The van der Waals surface area contributed by atoms with Gasteiger partial charge in [-0.15, -0.1) is 0 Å². The van der Waals surface area contributed by atoms with Gasteiger partial charge in [0.15, 0.2) is 0 Å². The molecular formula is C22H32ClN3O. The molecule has 148 valence electrons. The number of likely N-dealkylation sites (tertiary alicyclic amines) is 1. The molecule has 1 aliphatic rings. The molecule has 0 spiro atoms. The molecule has 27 heavy (non-hydrogen) atoms. The summed E-state index contributed by atoms with van der Waals surface area (Å²) >= 11 is 6.49. The van der Waals surface area contributed by atoms with Crippen LogP contribution in [-0.4, -0.2) is 49.1 Å². The highest BCUT2D eigenvalue weighted by Crippen LogP contribution is 2.31. The molecule has 1 aliphatic heterocycles. The molecule has 1 aromatic rings. The van der Waals surface area contributed by atoms with E-state index in [2.05, 4.69) is 17.3 Å². The number of carbonyl (C=O) groups excluding carboxylic acids is 1. The number of amides is 2. The van der Waals surface area contributed by atoms with Crippen LogP contribution >= 0.6 is 11.6 Å². The molecule has 5 heteroatoms. The number of hydrogen-bond acceptors (Lipinski definition) is 2. The van der Waals surface area contributed by atoms with Gasteiger partial charge >= 0.3 is 6.03 Å². The molecule has 0 bridgehead atoms. The zero-order valence-corrected chi connectivity index (χ0v) is 17.9. The van der Waals surface area contributed by atoms with Crippen molar-refractivity contribution in [2.75, 3.05) is 27.2 Å². The number of allylic oxidation sites excluding steroid dienone is 4. The van der Waals surface area contributed by atoms with Gasteiger partial charge in [0.1, 0.15) is 0 Å². The zero-order valence-electron chi connectivity index (χ0n) is 17.1. The maximum Gasteiger partial charge on any atom is 0.317 e. The monoisotopic (exact) mass is 389 g/mol. The highest BCUT2D eigenvalue weighted by atomic mass is 35.5. The summed E-state index contributed by atoms with van der Waals surface area (Å²) in [6.45, 7) is 8.11. The Bertz CT molecular complexity index is 706. The van der Waals surface area contributed by atoms with Crippen molar-refractivity contribution < 1.29 is 4.79 Å². The first-order valence-electron chi connectivity index (χ1n) is 9.65. The number of carbonyl (C=O) groups is 1. The van der Waals surface area contributed by atoms with Crippen LogP contribution in [0.2, 0.25) is 5.02 Å². The fourth-order valence-electron chi connectivity index (χ4n) is 3.55. The fraction of sp³-hybridized carbons (Fsp3) is 0.500. The van der Waals surface area contributed by atoms with Crippen molar-refractivity contribution >= 4 is 23.2 Å². The van der Waals surface area contributed by atoms with E-state index in [1.165, 1.54) is 0 Å². The summed E-state index contributed by atoms with van der Waals surface area (Å²) in [6, 6.07) is 6.00. The first-order valence-corrected chi connectivity index (χ1v) is 10.0. The molecule has 1 N–H and O–H groups in total. The van der Waals surface area contributed by atoms with Crippen LogP contribution in [0.5, 0.6) is 0 Å². The third-order valence-electron chi connectivity index (χ3n) is 5.34. The van der Waals surface area contributed by atoms with Crippen molar-refractivity contribution in [3.63, 3.8) is 0 Å². The molecule has 1 aromatic carbocycles. The topological polar surface area (TPSA) is 35.6 Å². The molecule has 1 heterocycles. The summed E-state index contributed by atoms with van der Waals surface area (Å²) in [7, 11) is 4.02. The lowest BCUT2D eigenvalue weighted by Gasteiger charge is -2.35. The maximum atomic E-state index is 12.8. The van der Waals surface area contributed by atoms with E-state index in [0.29, 0.717) is 11.1 Å². The molecule has 2 amide bonds. The second-order valence-electron chi connectivity index (χ2n) is 7.40. The van der Waals surface area contributed by atoms with Crippen molar-refractivity contribution in [3.05, 3.63) is 52.6 Å². The minimum Gasteiger partial charge on any atom is -0.331 e. The molecule has 1 fully saturated rings. The smallest absolute Gasteiger partial charge is 0.317 e. The predicted octanol–water partition coefficient (Wildman–Crippen LogP) is 5.12. The van der Waals surface area contributed by atoms with Crippen LogP contribution in [0.25, 0.3) is 5.57 Å². The maximum absolute atomic E-state index is 12.8. The van der Waals surface area contributed by atoms with E-state index >= 15 is 0 Å². The van der Waals surface area contributed by atoms with Crippen molar-refractivity contribution in [2.24, 2.45) is 0 Å². The van der Waals surface area contributed by atoms with Crippen LogP contribution in [0.15, 0.2) is 36.4 Å². The number of nitrogens with one attached hydrogen (secondary N) is 1. The van der Waals surface area contributed by atoms with Gasteiger partial charge < -0.3 is 15.1 Å². The lowest BCUT2D eigenvalue weighted by molar-refractivity contribution is 0.146. The molecule has 0 radical (unpaired) electrons. The van der Waals surface area contributed by atoms with E-state index in [1.54, 1.807) is 0 Å². The highest BCUT2D eigenvalue weighted by molar-refractivity contribution is 6.32. The normalized spacial score (nSPS) is 17.9. The molecule has 0 saturated carbocycles. The standard InChI is InChI=1S/C22H32ClN3O/c1-6-7-9-16(2)21-19(10-8-11-20(21)23)17(3)24-22(27)26(5)18-12-14-25(4)15-13-18/h6-11,17-18H,12-15H2,1-5H3,(H,24,27). The molecule has 4 nitrogen and oxygen atoms in total. The van der Waals surface area contributed by atoms with Gasteiger partial charge in [-0.2, -0.15) is 0 Å². The van der Waals surface area contributed by atoms with Crippen LogP contribution in [-0.2, 0) is 0 Å². The number of benzene rings is 1. The number of rotatable bonds is 5. The van der Waals surface area contributed by atoms with Crippen LogP contribution in [0.1, 0.15) is 50.8 Å². The van der Waals surface area contributed by atoms with Gasteiger partial charge in [0.25, 0.3) is 0 Å². The summed E-state index contributed by atoms with van der Waals surface area (Å²) in [6.07, 6.45) is 8.07. The van der Waals surface area contributed by atoms with Crippen molar-refractivity contribution in [1.82, 2.24) is 15.1 Å². The number of piperidine rings is 1. The van der Waals surface area contributed by atoms with E-state index < -0.39 is 0 Å². The Kier molecular flexibility index (Phi) is 7.93. The quantitative estimate of drug-likeness (QED) is 0.709. The lowest BCUT2D eigenvalue weighted by atomic mass is 9.95. The van der Waals surface area contributed by atoms with Gasteiger partial charge in [0.05, 0.1) is 6.04 Å². The van der Waals surface area contributed by atoms with Gasteiger partial charge in [-0.25, -0.2) is 4.79 Å². The third kappa shape index (κ3) is 5.60. The van der Waals surface area contributed by atoms with Crippen LogP contribution in [0, 0.1) is 0 Å². The minimum atomic E-state index is -0.131. The number of hydrogen-bond donors (Lipinski definition) is 1. The molecule has 2 rings (SSSR count). The molecule has 1 unspecified atom stereocenters. The Morgan fingerprint density at radius 3 is 2.67 bits per heavy atom. The van der Waals surface area contributed by atoms with Crippen molar-refractivity contribution in [2.45, 2.75) is 45.7 Å². The van der Waals surface area contributed by atoms with E-state index in [4.69, 9.17) is 11.6 Å². The first kappa shape index (κ1) is 21.5. The van der Waals surface area contributed by atoms with Gasteiger partial charge in [-0.05, 0) is 71.0 Å². The molecular weight excluding hydrogens is 358 g/mol. The van der Waals surface area contributed by atoms with Crippen LogP contribution < -0.4 is 5.32 Å². The Morgan fingerprint density at radius 1 is 1.37 bits per heavy atom. The largest absolute Gasteiger partial charge is 0.331 e. The highest BCUT2D eigenvalue weighted by Gasteiger charge is 2.25. The van der Waals surface area contributed by atoms with Gasteiger partial charge in [0, 0.05) is 23.7 Å². The summed E-state index contributed by atoms with van der Waals surface area (Å²) in [4.78, 5) is 17.0. The SMILES string of the molecule is CC=CC=C(C)c1c(Cl)cccc1C(C)NC(=O)N(C)C1CCN(C)CC1. The van der Waals surface area contributed by atoms with E-state index in [9.17, 15) is 4.79 Å². The van der Waals surface area contributed by atoms with Crippen LogP contribution in [0.3, 0.4) is 0 Å². The average molecular weight is 390 g/mol. The van der Waals surface area contributed by atoms with Gasteiger partial charge in [0.2, 0.25) is 0 Å². The number of halogens is 1. The van der Waals surface area contributed by atoms with E-state index in [-0.39, 0.29) is 12.1 Å². The minimum absolute atomic E-state index is 0.0296. The van der Waals surface area contributed by atoms with Crippen LogP contribution in [0.4, 0.5) is 4.79 Å². The second kappa shape index (κ2) is 9.95. The van der Waals surface area contributed by atoms with Crippen molar-refractivity contribution in [1.29, 1.82) is 0 Å². The molecule has 1 atom stereocenters. The fourth-order valence-corrected chi connectivity index (χ4v) is 3.89. The number of urea groups is 1. The molecule has 1 saturated heterocycles. The molecule has 0 aromatic heterocycles. The predicted molar refractivity (Wildman–Crippen MR) is 115 cm³/mol. The zero-order chi connectivity index (χ0) is 20.0. The second-order valence-corrected chi connectivity index (χ2v) is 7.80. The Morgan fingerprint density at radius 2 is 2.04 bits per heavy atom.